The zero-order valence-corrected chi connectivity index (χ0v) is 12.4. The van der Waals surface area contributed by atoms with Gasteiger partial charge < -0.3 is 4.90 Å². The van der Waals surface area contributed by atoms with Crippen molar-refractivity contribution in [1.29, 1.82) is 0 Å². The van der Waals surface area contributed by atoms with Crippen molar-refractivity contribution < 1.29 is 4.39 Å². The zero-order valence-electron chi connectivity index (χ0n) is 12.4. The van der Waals surface area contributed by atoms with Crippen LogP contribution in [0.25, 0.3) is 0 Å². The van der Waals surface area contributed by atoms with Crippen LogP contribution in [0.1, 0.15) is 5.56 Å². The monoisotopic (exact) mass is 295 g/mol. The molecule has 1 saturated heterocycles. The molecule has 0 atom stereocenters. The lowest BCUT2D eigenvalue weighted by Gasteiger charge is -2.34. The third-order valence-electron chi connectivity index (χ3n) is 3.72. The SMILES string of the molecule is Fc1cccnc1N1CCN(CC#Cc2ccccc2)CC1. The maximum absolute atomic E-state index is 13.7. The molecular formula is C18H18FN3. The Morgan fingerprint density at radius 3 is 2.50 bits per heavy atom. The minimum absolute atomic E-state index is 0.250. The summed E-state index contributed by atoms with van der Waals surface area (Å²) in [5.74, 6) is 6.58. The molecule has 0 aliphatic carbocycles. The first kappa shape index (κ1) is 14.6. The number of rotatable bonds is 2. The minimum Gasteiger partial charge on any atom is -0.352 e. The first-order chi connectivity index (χ1) is 10.8. The summed E-state index contributed by atoms with van der Waals surface area (Å²) in [5.41, 5.74) is 1.04. The molecule has 0 bridgehead atoms. The van der Waals surface area contributed by atoms with Crippen molar-refractivity contribution in [3.63, 3.8) is 0 Å². The van der Waals surface area contributed by atoms with Gasteiger partial charge in [-0.3, -0.25) is 4.90 Å². The maximum Gasteiger partial charge on any atom is 0.165 e. The van der Waals surface area contributed by atoms with Crippen LogP contribution in [0.2, 0.25) is 0 Å². The Kier molecular flexibility index (Phi) is 4.67. The van der Waals surface area contributed by atoms with Gasteiger partial charge in [-0.2, -0.15) is 0 Å². The quantitative estimate of drug-likeness (QED) is 0.793. The van der Waals surface area contributed by atoms with Gasteiger partial charge in [0.05, 0.1) is 6.54 Å². The van der Waals surface area contributed by atoms with E-state index in [-0.39, 0.29) is 5.82 Å². The van der Waals surface area contributed by atoms with E-state index in [0.717, 1.165) is 38.3 Å². The van der Waals surface area contributed by atoms with Crippen molar-refractivity contribution in [1.82, 2.24) is 9.88 Å². The van der Waals surface area contributed by atoms with Crippen LogP contribution in [0.4, 0.5) is 10.2 Å². The lowest BCUT2D eigenvalue weighted by Crippen LogP contribution is -2.47. The van der Waals surface area contributed by atoms with E-state index < -0.39 is 0 Å². The van der Waals surface area contributed by atoms with Gasteiger partial charge in [-0.15, -0.1) is 0 Å². The average Bonchev–Trinajstić information content (AvgIpc) is 2.57. The maximum atomic E-state index is 13.7. The molecule has 1 aliphatic heterocycles. The van der Waals surface area contributed by atoms with Crippen molar-refractivity contribution in [3.05, 3.63) is 60.0 Å². The molecule has 2 aromatic rings. The number of hydrogen-bond acceptors (Lipinski definition) is 3. The number of nitrogens with zero attached hydrogens (tertiary/aromatic N) is 3. The number of halogens is 1. The van der Waals surface area contributed by atoms with E-state index in [1.807, 2.05) is 35.2 Å². The van der Waals surface area contributed by atoms with Crippen LogP contribution in [-0.2, 0) is 0 Å². The summed E-state index contributed by atoms with van der Waals surface area (Å²) in [7, 11) is 0. The lowest BCUT2D eigenvalue weighted by atomic mass is 10.2. The van der Waals surface area contributed by atoms with Crippen molar-refractivity contribution in [2.24, 2.45) is 0 Å². The van der Waals surface area contributed by atoms with Gasteiger partial charge in [0.2, 0.25) is 0 Å². The Labute approximate surface area is 130 Å². The molecule has 112 valence electrons. The van der Waals surface area contributed by atoms with E-state index in [1.165, 1.54) is 6.07 Å². The predicted molar refractivity (Wildman–Crippen MR) is 86.2 cm³/mol. The van der Waals surface area contributed by atoms with E-state index in [9.17, 15) is 4.39 Å². The smallest absolute Gasteiger partial charge is 0.165 e. The third kappa shape index (κ3) is 3.63. The molecule has 0 amide bonds. The summed E-state index contributed by atoms with van der Waals surface area (Å²) in [4.78, 5) is 8.41. The lowest BCUT2D eigenvalue weighted by molar-refractivity contribution is 0.286. The second-order valence-corrected chi connectivity index (χ2v) is 5.24. The fourth-order valence-corrected chi connectivity index (χ4v) is 2.50. The fraction of sp³-hybridized carbons (Fsp3) is 0.278. The Morgan fingerprint density at radius 2 is 1.77 bits per heavy atom. The van der Waals surface area contributed by atoms with Gasteiger partial charge in [-0.1, -0.05) is 30.0 Å². The van der Waals surface area contributed by atoms with Crippen LogP contribution >= 0.6 is 0 Å². The van der Waals surface area contributed by atoms with Crippen molar-refractivity contribution >= 4 is 5.82 Å². The van der Waals surface area contributed by atoms with Crippen LogP contribution in [0.3, 0.4) is 0 Å². The van der Waals surface area contributed by atoms with Gasteiger partial charge >= 0.3 is 0 Å². The van der Waals surface area contributed by atoms with Crippen LogP contribution in [0.15, 0.2) is 48.7 Å². The Hall–Kier alpha value is -2.38. The highest BCUT2D eigenvalue weighted by atomic mass is 19.1. The molecule has 3 nitrogen and oxygen atoms in total. The Morgan fingerprint density at radius 1 is 1.00 bits per heavy atom. The van der Waals surface area contributed by atoms with Crippen LogP contribution < -0.4 is 4.90 Å². The van der Waals surface area contributed by atoms with Crippen molar-refractivity contribution in [2.75, 3.05) is 37.6 Å². The molecule has 0 unspecified atom stereocenters. The molecule has 4 heteroatoms. The summed E-state index contributed by atoms with van der Waals surface area (Å²) < 4.78 is 13.7. The molecule has 1 aliphatic rings. The summed E-state index contributed by atoms with van der Waals surface area (Å²) in [6.45, 7) is 4.05. The first-order valence-electron chi connectivity index (χ1n) is 7.45. The van der Waals surface area contributed by atoms with Crippen LogP contribution in [0, 0.1) is 17.7 Å². The molecule has 0 radical (unpaired) electrons. The highest BCUT2D eigenvalue weighted by molar-refractivity contribution is 5.40. The number of anilines is 1. The van der Waals surface area contributed by atoms with E-state index in [2.05, 4.69) is 21.7 Å². The average molecular weight is 295 g/mol. The normalized spacial score (nSPS) is 15.2. The molecule has 0 spiro atoms. The largest absolute Gasteiger partial charge is 0.352 e. The number of piperazine rings is 1. The molecule has 1 aromatic heterocycles. The topological polar surface area (TPSA) is 19.4 Å². The molecule has 0 N–H and O–H groups in total. The predicted octanol–water partition coefficient (Wildman–Crippen LogP) is 2.39. The highest BCUT2D eigenvalue weighted by Gasteiger charge is 2.19. The van der Waals surface area contributed by atoms with E-state index in [0.29, 0.717) is 5.82 Å². The minimum atomic E-state index is -0.250. The zero-order chi connectivity index (χ0) is 15.2. The molecular weight excluding hydrogens is 277 g/mol. The van der Waals surface area contributed by atoms with Crippen LogP contribution in [0.5, 0.6) is 0 Å². The second kappa shape index (κ2) is 7.06. The Balaban J connectivity index is 1.52. The standard InChI is InChI=1S/C18H18FN3/c19-17-9-4-10-20-18(17)22-14-12-21(13-15-22)11-5-8-16-6-2-1-3-7-16/h1-4,6-7,9-10H,11-15H2. The van der Waals surface area contributed by atoms with Crippen LogP contribution in [-0.4, -0.2) is 42.6 Å². The molecule has 3 rings (SSSR count). The third-order valence-corrected chi connectivity index (χ3v) is 3.72. The van der Waals surface area contributed by atoms with Crippen molar-refractivity contribution in [2.45, 2.75) is 0 Å². The summed E-state index contributed by atoms with van der Waals surface area (Å²) >= 11 is 0. The summed E-state index contributed by atoms with van der Waals surface area (Å²) in [6, 6.07) is 13.1. The summed E-state index contributed by atoms with van der Waals surface area (Å²) in [6.07, 6.45) is 1.64. The van der Waals surface area contributed by atoms with Gasteiger partial charge in [-0.25, -0.2) is 9.37 Å². The van der Waals surface area contributed by atoms with E-state index in [1.54, 1.807) is 12.3 Å². The van der Waals surface area contributed by atoms with E-state index >= 15 is 0 Å². The number of aromatic nitrogens is 1. The van der Waals surface area contributed by atoms with Gasteiger partial charge in [-0.05, 0) is 24.3 Å². The van der Waals surface area contributed by atoms with Gasteiger partial charge in [0.25, 0.3) is 0 Å². The highest BCUT2D eigenvalue weighted by Crippen LogP contribution is 2.16. The number of benzene rings is 1. The summed E-state index contributed by atoms with van der Waals surface area (Å²) in [5, 5.41) is 0. The molecule has 1 fully saturated rings. The molecule has 0 saturated carbocycles. The van der Waals surface area contributed by atoms with Gasteiger partial charge in [0.15, 0.2) is 11.6 Å². The van der Waals surface area contributed by atoms with Gasteiger partial charge in [0.1, 0.15) is 0 Å². The first-order valence-corrected chi connectivity index (χ1v) is 7.45. The number of pyridine rings is 1. The second-order valence-electron chi connectivity index (χ2n) is 5.24. The number of hydrogen-bond donors (Lipinski definition) is 0. The van der Waals surface area contributed by atoms with Gasteiger partial charge in [0, 0.05) is 37.9 Å². The molecule has 22 heavy (non-hydrogen) atoms. The fourth-order valence-electron chi connectivity index (χ4n) is 2.50. The molecule has 2 heterocycles. The Bertz CT molecular complexity index is 667. The van der Waals surface area contributed by atoms with E-state index in [4.69, 9.17) is 0 Å². The van der Waals surface area contributed by atoms with Crippen molar-refractivity contribution in [3.8, 4) is 11.8 Å². The molecule has 1 aromatic carbocycles.